The number of hydrogen-bond acceptors (Lipinski definition) is 3. The summed E-state index contributed by atoms with van der Waals surface area (Å²) in [6, 6.07) is 11.2. The van der Waals surface area contributed by atoms with E-state index in [4.69, 9.17) is 4.42 Å². The molecule has 0 atom stereocenters. The van der Waals surface area contributed by atoms with Crippen molar-refractivity contribution < 1.29 is 9.21 Å². The average Bonchev–Trinajstić information content (AvgIpc) is 2.95. The zero-order chi connectivity index (χ0) is 11.8. The maximum absolute atomic E-state index is 10.6. The van der Waals surface area contributed by atoms with E-state index in [-0.39, 0.29) is 0 Å². The third-order valence-corrected chi connectivity index (χ3v) is 2.75. The van der Waals surface area contributed by atoms with Crippen molar-refractivity contribution in [2.24, 2.45) is 7.05 Å². The van der Waals surface area contributed by atoms with Gasteiger partial charge in [-0.2, -0.15) is 0 Å². The van der Waals surface area contributed by atoms with Crippen molar-refractivity contribution >= 4 is 17.3 Å². The lowest BCUT2D eigenvalue weighted by Crippen LogP contribution is -1.90. The number of fused-ring (bicyclic) bond motifs is 1. The smallest absolute Gasteiger partial charge is 0.185 e. The highest BCUT2D eigenvalue weighted by atomic mass is 16.3. The number of rotatable bonds is 2. The van der Waals surface area contributed by atoms with Gasteiger partial charge in [-0.3, -0.25) is 4.79 Å². The molecule has 0 saturated carbocycles. The van der Waals surface area contributed by atoms with Crippen molar-refractivity contribution in [3.05, 3.63) is 42.2 Å². The van der Waals surface area contributed by atoms with Crippen molar-refractivity contribution in [3.63, 3.8) is 0 Å². The van der Waals surface area contributed by atoms with E-state index < -0.39 is 0 Å². The third kappa shape index (κ3) is 1.45. The highest BCUT2D eigenvalue weighted by molar-refractivity contribution is 5.80. The van der Waals surface area contributed by atoms with Crippen LogP contribution in [0.15, 0.2) is 40.8 Å². The molecule has 0 aliphatic carbocycles. The number of aromatic nitrogens is 2. The molecule has 1 aromatic carbocycles. The normalized spacial score (nSPS) is 10.9. The van der Waals surface area contributed by atoms with Crippen molar-refractivity contribution in [1.29, 1.82) is 0 Å². The minimum atomic E-state index is 0.312. The number of hydrogen-bond donors (Lipinski definition) is 0. The Morgan fingerprint density at radius 3 is 2.76 bits per heavy atom. The predicted molar refractivity (Wildman–Crippen MR) is 63.8 cm³/mol. The molecular formula is C13H10N2O2. The van der Waals surface area contributed by atoms with Gasteiger partial charge in [-0.25, -0.2) is 4.98 Å². The molecule has 3 aromatic rings. The fourth-order valence-corrected chi connectivity index (χ4v) is 1.90. The molecule has 0 saturated heterocycles. The van der Waals surface area contributed by atoms with Crippen LogP contribution in [0.4, 0.5) is 0 Å². The molecule has 0 spiro atoms. The van der Waals surface area contributed by atoms with Crippen LogP contribution in [0.3, 0.4) is 0 Å². The molecule has 0 N–H and O–H groups in total. The van der Waals surface area contributed by atoms with Gasteiger partial charge < -0.3 is 8.98 Å². The van der Waals surface area contributed by atoms with Gasteiger partial charge in [0.2, 0.25) is 0 Å². The maximum atomic E-state index is 10.6. The van der Waals surface area contributed by atoms with Crippen molar-refractivity contribution in [2.75, 3.05) is 0 Å². The predicted octanol–water partition coefficient (Wildman–Crippen LogP) is 2.65. The molecule has 2 aromatic heterocycles. The summed E-state index contributed by atoms with van der Waals surface area (Å²) in [5.41, 5.74) is 1.95. The summed E-state index contributed by atoms with van der Waals surface area (Å²) in [5, 5.41) is 0. The summed E-state index contributed by atoms with van der Waals surface area (Å²) in [6.07, 6.45) is 0.687. The van der Waals surface area contributed by atoms with Gasteiger partial charge in [0.1, 0.15) is 0 Å². The summed E-state index contributed by atoms with van der Waals surface area (Å²) in [6.45, 7) is 0. The molecule has 0 aliphatic heterocycles. The molecule has 0 aliphatic rings. The van der Waals surface area contributed by atoms with Gasteiger partial charge in [0.15, 0.2) is 23.6 Å². The van der Waals surface area contributed by atoms with Crippen LogP contribution in [0.25, 0.3) is 22.6 Å². The second-order valence-corrected chi connectivity index (χ2v) is 3.80. The first-order valence-electron chi connectivity index (χ1n) is 5.26. The molecule has 0 fully saturated rings. The minimum Gasteiger partial charge on any atom is -0.450 e. The first kappa shape index (κ1) is 9.84. The second kappa shape index (κ2) is 3.59. The number of carbonyl (C=O) groups excluding carboxylic acids is 1. The van der Waals surface area contributed by atoms with E-state index in [1.165, 1.54) is 0 Å². The van der Waals surface area contributed by atoms with E-state index in [0.717, 1.165) is 16.9 Å². The summed E-state index contributed by atoms with van der Waals surface area (Å²) in [7, 11) is 1.92. The molecule has 2 heterocycles. The quantitative estimate of drug-likeness (QED) is 0.631. The minimum absolute atomic E-state index is 0.312. The molecule has 0 bridgehead atoms. The first-order valence-corrected chi connectivity index (χ1v) is 5.26. The van der Waals surface area contributed by atoms with Gasteiger partial charge in [-0.1, -0.05) is 12.1 Å². The Morgan fingerprint density at radius 1 is 1.24 bits per heavy atom. The molecule has 17 heavy (non-hydrogen) atoms. The molecule has 0 unspecified atom stereocenters. The van der Waals surface area contributed by atoms with E-state index in [1.807, 2.05) is 35.9 Å². The van der Waals surface area contributed by atoms with E-state index in [2.05, 4.69) is 4.98 Å². The molecule has 3 rings (SSSR count). The highest BCUT2D eigenvalue weighted by Crippen LogP contribution is 2.24. The van der Waals surface area contributed by atoms with Crippen molar-refractivity contribution in [1.82, 2.24) is 9.55 Å². The summed E-state index contributed by atoms with van der Waals surface area (Å²) < 4.78 is 7.33. The fourth-order valence-electron chi connectivity index (χ4n) is 1.90. The number of carbonyl (C=O) groups is 1. The molecular weight excluding hydrogens is 216 g/mol. The molecule has 4 nitrogen and oxygen atoms in total. The van der Waals surface area contributed by atoms with Gasteiger partial charge in [-0.15, -0.1) is 0 Å². The zero-order valence-electron chi connectivity index (χ0n) is 9.25. The number of imidazole rings is 1. The zero-order valence-corrected chi connectivity index (χ0v) is 9.25. The topological polar surface area (TPSA) is 48.0 Å². The van der Waals surface area contributed by atoms with Crippen LogP contribution >= 0.6 is 0 Å². The van der Waals surface area contributed by atoms with E-state index in [0.29, 0.717) is 17.8 Å². The van der Waals surface area contributed by atoms with E-state index in [1.54, 1.807) is 12.1 Å². The number of benzene rings is 1. The maximum Gasteiger partial charge on any atom is 0.185 e. The van der Waals surface area contributed by atoms with Gasteiger partial charge in [-0.05, 0) is 24.3 Å². The van der Waals surface area contributed by atoms with Crippen LogP contribution < -0.4 is 0 Å². The van der Waals surface area contributed by atoms with Crippen LogP contribution in [-0.4, -0.2) is 15.8 Å². The summed E-state index contributed by atoms with van der Waals surface area (Å²) >= 11 is 0. The Labute approximate surface area is 97.5 Å². The monoisotopic (exact) mass is 226 g/mol. The SMILES string of the molecule is Cn1c(-c2ccc(C=O)o2)nc2ccccc21. The molecule has 84 valence electrons. The Kier molecular flexibility index (Phi) is 2.08. The van der Waals surface area contributed by atoms with Crippen LogP contribution in [-0.2, 0) is 7.05 Å². The summed E-state index contributed by atoms with van der Waals surface area (Å²) in [5.74, 6) is 1.64. The number of nitrogens with zero attached hydrogens (tertiary/aromatic N) is 2. The first-order chi connectivity index (χ1) is 8.29. The lowest BCUT2D eigenvalue weighted by atomic mass is 10.3. The van der Waals surface area contributed by atoms with Gasteiger partial charge in [0.05, 0.1) is 11.0 Å². The van der Waals surface area contributed by atoms with Gasteiger partial charge >= 0.3 is 0 Å². The Bertz CT molecular complexity index is 694. The van der Waals surface area contributed by atoms with Gasteiger partial charge in [0.25, 0.3) is 0 Å². The Hall–Kier alpha value is -2.36. The van der Waals surface area contributed by atoms with Crippen LogP contribution in [0.1, 0.15) is 10.6 Å². The Balaban J connectivity index is 2.23. The molecule has 4 heteroatoms. The molecule has 0 radical (unpaired) electrons. The largest absolute Gasteiger partial charge is 0.450 e. The standard InChI is InChI=1S/C13H10N2O2/c1-15-11-5-3-2-4-10(11)14-13(15)12-7-6-9(8-16)17-12/h2-8H,1H3. The second-order valence-electron chi connectivity index (χ2n) is 3.80. The molecule has 0 amide bonds. The van der Waals surface area contributed by atoms with Crippen LogP contribution in [0, 0.1) is 0 Å². The number of aldehydes is 1. The Morgan fingerprint density at radius 2 is 2.06 bits per heavy atom. The lowest BCUT2D eigenvalue weighted by molar-refractivity contribution is 0.110. The number of aryl methyl sites for hydroxylation is 1. The van der Waals surface area contributed by atoms with E-state index >= 15 is 0 Å². The van der Waals surface area contributed by atoms with Crippen molar-refractivity contribution in [2.45, 2.75) is 0 Å². The number of para-hydroxylation sites is 2. The van der Waals surface area contributed by atoms with Crippen LogP contribution in [0.2, 0.25) is 0 Å². The van der Waals surface area contributed by atoms with E-state index in [9.17, 15) is 4.79 Å². The average molecular weight is 226 g/mol. The van der Waals surface area contributed by atoms with Crippen molar-refractivity contribution in [3.8, 4) is 11.6 Å². The van der Waals surface area contributed by atoms with Gasteiger partial charge in [0, 0.05) is 7.05 Å². The highest BCUT2D eigenvalue weighted by Gasteiger charge is 2.12. The number of furan rings is 1. The third-order valence-electron chi connectivity index (χ3n) is 2.75. The fraction of sp³-hybridized carbons (Fsp3) is 0.0769. The lowest BCUT2D eigenvalue weighted by Gasteiger charge is -1.97. The van der Waals surface area contributed by atoms with Crippen LogP contribution in [0.5, 0.6) is 0 Å². The summed E-state index contributed by atoms with van der Waals surface area (Å²) in [4.78, 5) is 15.1.